The number of unbranched alkanes of at least 4 members (excludes halogenated alkanes) is 1. The van der Waals surface area contributed by atoms with Crippen molar-refractivity contribution in [2.24, 2.45) is 0 Å². The molecule has 0 amide bonds. The molecule has 0 saturated heterocycles. The monoisotopic (exact) mass is 205 g/mol. The maximum atomic E-state index is 13.5. The van der Waals surface area contributed by atoms with Crippen LogP contribution in [0.25, 0.3) is 10.9 Å². The van der Waals surface area contributed by atoms with E-state index in [1.54, 1.807) is 6.07 Å². The second-order valence-electron chi connectivity index (χ2n) is 3.54. The minimum Gasteiger partial charge on any atom is -0.361 e. The fourth-order valence-corrected chi connectivity index (χ4v) is 1.78. The predicted octanol–water partition coefficient (Wildman–Crippen LogP) is 2.83. The van der Waals surface area contributed by atoms with Gasteiger partial charge in [0.2, 0.25) is 0 Å². The molecule has 78 valence electrons. The number of benzene rings is 1. The molecule has 1 aromatic heterocycles. The topological polar surface area (TPSA) is 32.9 Å². The van der Waals surface area contributed by atoms with Crippen LogP contribution in [0, 0.1) is 5.82 Å². The Hall–Kier alpha value is -1.64. The van der Waals surface area contributed by atoms with Gasteiger partial charge in [-0.3, -0.25) is 0 Å². The number of hydrogen-bond acceptors (Lipinski definition) is 1. The summed E-state index contributed by atoms with van der Waals surface area (Å²) in [6.07, 6.45) is 4.75. The van der Waals surface area contributed by atoms with Gasteiger partial charge >= 0.3 is 0 Å². The number of aromatic amines is 1. The highest BCUT2D eigenvalue weighted by molar-refractivity contribution is 5.83. The highest BCUT2D eigenvalue weighted by atomic mass is 19.1. The molecule has 0 aliphatic carbocycles. The zero-order chi connectivity index (χ0) is 10.7. The molecule has 0 bridgehead atoms. The van der Waals surface area contributed by atoms with Crippen molar-refractivity contribution >= 4 is 17.2 Å². The van der Waals surface area contributed by atoms with Crippen LogP contribution in [0.5, 0.6) is 0 Å². The number of aryl methyl sites for hydroxylation is 1. The number of hydrogen-bond donors (Lipinski definition) is 1. The molecule has 0 spiro atoms. The van der Waals surface area contributed by atoms with Gasteiger partial charge < -0.3 is 9.78 Å². The van der Waals surface area contributed by atoms with E-state index in [1.807, 2.05) is 12.3 Å². The molecule has 2 rings (SSSR count). The number of carbonyl (C=O) groups excluding carboxylic acids is 1. The maximum absolute atomic E-state index is 13.5. The molecule has 2 aromatic rings. The first-order chi connectivity index (χ1) is 7.33. The number of carbonyl (C=O) groups is 1. The van der Waals surface area contributed by atoms with E-state index in [0.717, 1.165) is 30.2 Å². The number of halogens is 1. The normalized spacial score (nSPS) is 10.7. The van der Waals surface area contributed by atoms with Gasteiger partial charge in [-0.05, 0) is 30.5 Å². The van der Waals surface area contributed by atoms with E-state index < -0.39 is 0 Å². The number of aldehydes is 1. The average molecular weight is 205 g/mol. The summed E-state index contributed by atoms with van der Waals surface area (Å²) in [5.41, 5.74) is 1.76. The highest BCUT2D eigenvalue weighted by Gasteiger charge is 2.07. The molecule has 1 aromatic carbocycles. The summed E-state index contributed by atoms with van der Waals surface area (Å²) in [6.45, 7) is 0. The van der Waals surface area contributed by atoms with Crippen molar-refractivity contribution in [1.82, 2.24) is 4.98 Å². The van der Waals surface area contributed by atoms with Gasteiger partial charge in [-0.15, -0.1) is 0 Å². The number of fused-ring (bicyclic) bond motifs is 1. The van der Waals surface area contributed by atoms with Gasteiger partial charge in [0, 0.05) is 23.5 Å². The molecule has 0 radical (unpaired) electrons. The van der Waals surface area contributed by atoms with Crippen LogP contribution in [0.1, 0.15) is 18.4 Å². The second kappa shape index (κ2) is 4.26. The Bertz CT molecular complexity index is 475. The van der Waals surface area contributed by atoms with E-state index in [-0.39, 0.29) is 5.82 Å². The van der Waals surface area contributed by atoms with E-state index in [0.29, 0.717) is 11.8 Å². The van der Waals surface area contributed by atoms with E-state index in [4.69, 9.17) is 0 Å². The third-order valence-corrected chi connectivity index (χ3v) is 2.50. The van der Waals surface area contributed by atoms with Crippen LogP contribution in [0.2, 0.25) is 0 Å². The molecule has 1 heterocycles. The summed E-state index contributed by atoms with van der Waals surface area (Å²) >= 11 is 0. The van der Waals surface area contributed by atoms with Gasteiger partial charge in [0.1, 0.15) is 12.1 Å². The summed E-state index contributed by atoms with van der Waals surface area (Å²) in [5, 5.41) is 0.656. The van der Waals surface area contributed by atoms with E-state index in [2.05, 4.69) is 4.98 Å². The van der Waals surface area contributed by atoms with Crippen molar-refractivity contribution in [1.29, 1.82) is 0 Å². The highest BCUT2D eigenvalue weighted by Crippen LogP contribution is 2.22. The molecule has 0 unspecified atom stereocenters. The first-order valence-electron chi connectivity index (χ1n) is 5.01. The minimum absolute atomic E-state index is 0.199. The molecule has 0 atom stereocenters. The molecule has 0 aliphatic heterocycles. The predicted molar refractivity (Wildman–Crippen MR) is 57.3 cm³/mol. The van der Waals surface area contributed by atoms with E-state index in [9.17, 15) is 9.18 Å². The van der Waals surface area contributed by atoms with Gasteiger partial charge in [0.15, 0.2) is 0 Å². The van der Waals surface area contributed by atoms with Crippen molar-refractivity contribution in [3.05, 3.63) is 35.8 Å². The number of H-pyrrole nitrogens is 1. The van der Waals surface area contributed by atoms with Crippen LogP contribution >= 0.6 is 0 Å². The number of nitrogens with one attached hydrogen (secondary N) is 1. The Morgan fingerprint density at radius 2 is 2.27 bits per heavy atom. The smallest absolute Gasteiger partial charge is 0.132 e. The Morgan fingerprint density at radius 3 is 3.07 bits per heavy atom. The standard InChI is InChI=1S/C12H12FNO/c13-10-5-3-6-11-12(10)9(8-14-11)4-1-2-7-15/h3,5-8,14H,1-2,4H2. The summed E-state index contributed by atoms with van der Waals surface area (Å²) in [6, 6.07) is 4.99. The third kappa shape index (κ3) is 1.91. The SMILES string of the molecule is O=CCCCc1c[nH]c2cccc(F)c12. The molecule has 0 saturated carbocycles. The Labute approximate surface area is 87.1 Å². The third-order valence-electron chi connectivity index (χ3n) is 2.50. The molecule has 2 nitrogen and oxygen atoms in total. The van der Waals surface area contributed by atoms with Gasteiger partial charge in [-0.1, -0.05) is 6.07 Å². The zero-order valence-electron chi connectivity index (χ0n) is 8.29. The van der Waals surface area contributed by atoms with Crippen LogP contribution < -0.4 is 0 Å². The van der Waals surface area contributed by atoms with Crippen molar-refractivity contribution < 1.29 is 9.18 Å². The van der Waals surface area contributed by atoms with Crippen LogP contribution in [0.3, 0.4) is 0 Å². The van der Waals surface area contributed by atoms with Crippen LogP contribution in [0.15, 0.2) is 24.4 Å². The Kier molecular flexibility index (Phi) is 2.81. The number of rotatable bonds is 4. The first-order valence-corrected chi connectivity index (χ1v) is 5.01. The first kappa shape index (κ1) is 9.90. The summed E-state index contributed by atoms with van der Waals surface area (Å²) in [5.74, 6) is -0.199. The lowest BCUT2D eigenvalue weighted by molar-refractivity contribution is -0.107. The fourth-order valence-electron chi connectivity index (χ4n) is 1.78. The van der Waals surface area contributed by atoms with Crippen molar-refractivity contribution in [3.8, 4) is 0 Å². The summed E-state index contributed by atoms with van der Waals surface area (Å²) < 4.78 is 13.5. The second-order valence-corrected chi connectivity index (χ2v) is 3.54. The molecule has 0 aliphatic rings. The van der Waals surface area contributed by atoms with Crippen molar-refractivity contribution in [2.45, 2.75) is 19.3 Å². The Morgan fingerprint density at radius 1 is 1.40 bits per heavy atom. The van der Waals surface area contributed by atoms with Gasteiger partial charge in [-0.2, -0.15) is 0 Å². The van der Waals surface area contributed by atoms with Gasteiger partial charge in [0.25, 0.3) is 0 Å². The quantitative estimate of drug-likeness (QED) is 0.604. The van der Waals surface area contributed by atoms with Gasteiger partial charge in [0.05, 0.1) is 0 Å². The van der Waals surface area contributed by atoms with Gasteiger partial charge in [-0.25, -0.2) is 4.39 Å². The summed E-state index contributed by atoms with van der Waals surface area (Å²) in [7, 11) is 0. The minimum atomic E-state index is -0.199. The lowest BCUT2D eigenvalue weighted by Gasteiger charge is -1.97. The summed E-state index contributed by atoms with van der Waals surface area (Å²) in [4.78, 5) is 13.2. The van der Waals surface area contributed by atoms with E-state index in [1.165, 1.54) is 6.07 Å². The fraction of sp³-hybridized carbons (Fsp3) is 0.250. The molecule has 3 heteroatoms. The maximum Gasteiger partial charge on any atom is 0.132 e. The van der Waals surface area contributed by atoms with E-state index >= 15 is 0 Å². The molecule has 0 fully saturated rings. The van der Waals surface area contributed by atoms with Crippen LogP contribution in [-0.2, 0) is 11.2 Å². The molecular formula is C12H12FNO. The average Bonchev–Trinajstić information content (AvgIpc) is 2.63. The largest absolute Gasteiger partial charge is 0.361 e. The number of aromatic nitrogens is 1. The van der Waals surface area contributed by atoms with Crippen molar-refractivity contribution in [2.75, 3.05) is 0 Å². The molecule has 15 heavy (non-hydrogen) atoms. The lowest BCUT2D eigenvalue weighted by atomic mass is 10.1. The zero-order valence-corrected chi connectivity index (χ0v) is 8.29. The molecule has 1 N–H and O–H groups in total. The lowest BCUT2D eigenvalue weighted by Crippen LogP contribution is -1.86. The van der Waals surface area contributed by atoms with Crippen LogP contribution in [0.4, 0.5) is 4.39 Å². The molecular weight excluding hydrogens is 193 g/mol. The van der Waals surface area contributed by atoms with Crippen molar-refractivity contribution in [3.63, 3.8) is 0 Å². The Balaban J connectivity index is 2.31. The van der Waals surface area contributed by atoms with Crippen LogP contribution in [-0.4, -0.2) is 11.3 Å².